The molecule has 0 aromatic carbocycles. The second kappa shape index (κ2) is 71.3. The van der Waals surface area contributed by atoms with Gasteiger partial charge in [0, 0.05) is 25.7 Å². The number of phosphoric ester groups is 2. The van der Waals surface area contributed by atoms with E-state index >= 15 is 0 Å². The number of ether oxygens (including phenoxy) is 4. The van der Waals surface area contributed by atoms with Gasteiger partial charge in [0.1, 0.15) is 19.3 Å². The molecule has 0 aliphatic heterocycles. The first kappa shape index (κ1) is 98.1. The molecule has 0 amide bonds. The maximum Gasteiger partial charge on any atom is 0.472 e. The Morgan fingerprint density at radius 1 is 0.290 bits per heavy atom. The quantitative estimate of drug-likeness (QED) is 0.0222. The monoisotopic (exact) mass is 1470 g/mol. The lowest BCUT2D eigenvalue weighted by Gasteiger charge is -2.21. The molecule has 0 rings (SSSR count). The SMILES string of the molecule is CCCCCCCCCCCCCCCCCCCCCC(=O)O[C@H](COC(=O)CCCCCCCCCCCCCCCCCC(C)C)COP(=O)(O)OC[C@@H](O)COP(=O)(O)OC[C@@H](COC(=O)CCCCCCCCCCC(C)C)OC(=O)CCCCCCCCCCC(C)CC. The average molecular weight is 1470 g/mol. The van der Waals surface area contributed by atoms with Gasteiger partial charge in [-0.3, -0.25) is 37.3 Å². The van der Waals surface area contributed by atoms with E-state index in [1.165, 1.54) is 231 Å². The summed E-state index contributed by atoms with van der Waals surface area (Å²) >= 11 is 0. The van der Waals surface area contributed by atoms with Crippen LogP contribution in [-0.4, -0.2) is 96.7 Å². The molecule has 0 saturated heterocycles. The van der Waals surface area contributed by atoms with Crippen molar-refractivity contribution in [3.63, 3.8) is 0 Å². The number of hydrogen-bond acceptors (Lipinski definition) is 15. The first-order chi connectivity index (χ1) is 48.3. The molecule has 594 valence electrons. The largest absolute Gasteiger partial charge is 0.472 e. The van der Waals surface area contributed by atoms with E-state index in [1.807, 2.05) is 0 Å². The van der Waals surface area contributed by atoms with Gasteiger partial charge in [0.25, 0.3) is 0 Å². The van der Waals surface area contributed by atoms with Crippen molar-refractivity contribution in [1.29, 1.82) is 0 Å². The van der Waals surface area contributed by atoms with Crippen molar-refractivity contribution in [2.45, 2.75) is 439 Å². The Kier molecular flexibility index (Phi) is 69.9. The molecule has 100 heavy (non-hydrogen) atoms. The molecule has 0 radical (unpaired) electrons. The van der Waals surface area contributed by atoms with Crippen molar-refractivity contribution in [3.8, 4) is 0 Å². The van der Waals surface area contributed by atoms with E-state index in [1.54, 1.807) is 0 Å². The number of carbonyl (C=O) groups is 4. The zero-order chi connectivity index (χ0) is 73.7. The van der Waals surface area contributed by atoms with Crippen LogP contribution in [0.3, 0.4) is 0 Å². The summed E-state index contributed by atoms with van der Waals surface area (Å²) in [6.45, 7) is 11.9. The van der Waals surface area contributed by atoms with Crippen molar-refractivity contribution in [1.82, 2.24) is 0 Å². The second-order valence-corrected chi connectivity index (χ2v) is 33.3. The maximum absolute atomic E-state index is 13.1. The molecule has 0 aliphatic carbocycles. The fourth-order valence-corrected chi connectivity index (χ4v) is 14.0. The van der Waals surface area contributed by atoms with Gasteiger partial charge < -0.3 is 33.8 Å². The summed E-state index contributed by atoms with van der Waals surface area (Å²) in [5.41, 5.74) is 0. The Morgan fingerprint density at radius 3 is 0.760 bits per heavy atom. The van der Waals surface area contributed by atoms with Crippen LogP contribution in [0.4, 0.5) is 0 Å². The standard InChI is InChI=1S/C81H158O17P2/c1-8-10-11-12-13-14-15-16-17-18-19-20-23-27-30-33-43-50-57-64-80(85)97-76(68-91-78(83)62-55-48-41-32-29-26-24-21-22-25-28-31-38-45-52-59-72(3)4)70-95-99(87,88)93-66-75(82)67-94-100(89,90)96-71-77(69-92-79(84)63-56-49-42-36-34-39-46-53-60-73(5)6)98-81(86)65-58-51-44-37-35-40-47-54-61-74(7)9-2/h72-77,82H,8-71H2,1-7H3,(H,87,88)(H,89,90)/t74?,75-,76-,77-/m1/s1. The Morgan fingerprint density at radius 2 is 0.510 bits per heavy atom. The summed E-state index contributed by atoms with van der Waals surface area (Å²) in [7, 11) is -9.92. The van der Waals surface area contributed by atoms with Gasteiger partial charge in [-0.05, 0) is 43.4 Å². The third kappa shape index (κ3) is 73.0. The normalized spacial score (nSPS) is 14.2. The Balaban J connectivity index is 5.24. The summed E-state index contributed by atoms with van der Waals surface area (Å²) < 4.78 is 68.7. The average Bonchev–Trinajstić information content (AvgIpc) is 0.930. The van der Waals surface area contributed by atoms with Crippen molar-refractivity contribution in [2.75, 3.05) is 39.6 Å². The summed E-state index contributed by atoms with van der Waals surface area (Å²) in [4.78, 5) is 73.0. The molecule has 17 nitrogen and oxygen atoms in total. The molecule has 0 spiro atoms. The number of phosphoric acid groups is 2. The minimum atomic E-state index is -4.96. The van der Waals surface area contributed by atoms with Gasteiger partial charge in [0.05, 0.1) is 26.4 Å². The lowest BCUT2D eigenvalue weighted by atomic mass is 9.99. The van der Waals surface area contributed by atoms with Crippen LogP contribution in [0.1, 0.15) is 421 Å². The Bertz CT molecular complexity index is 1940. The topological polar surface area (TPSA) is 237 Å². The minimum Gasteiger partial charge on any atom is -0.462 e. The van der Waals surface area contributed by atoms with Crippen LogP contribution >= 0.6 is 15.6 Å². The van der Waals surface area contributed by atoms with Crippen LogP contribution in [0.15, 0.2) is 0 Å². The van der Waals surface area contributed by atoms with Crippen molar-refractivity contribution >= 4 is 39.5 Å². The summed E-state index contributed by atoms with van der Waals surface area (Å²) in [5, 5.41) is 10.6. The molecule has 0 aromatic heterocycles. The zero-order valence-electron chi connectivity index (χ0n) is 65.7. The molecule has 0 bridgehead atoms. The summed E-state index contributed by atoms with van der Waals surface area (Å²) in [5.74, 6) is 0.189. The van der Waals surface area contributed by atoms with E-state index in [-0.39, 0.29) is 25.7 Å². The van der Waals surface area contributed by atoms with Gasteiger partial charge in [-0.2, -0.15) is 0 Å². The van der Waals surface area contributed by atoms with E-state index in [0.717, 1.165) is 108 Å². The number of aliphatic hydroxyl groups is 1. The molecule has 19 heteroatoms. The fraction of sp³-hybridized carbons (Fsp3) is 0.951. The van der Waals surface area contributed by atoms with Gasteiger partial charge in [0.15, 0.2) is 12.2 Å². The third-order valence-corrected chi connectivity index (χ3v) is 21.1. The predicted molar refractivity (Wildman–Crippen MR) is 409 cm³/mol. The van der Waals surface area contributed by atoms with Gasteiger partial charge in [-0.25, -0.2) is 9.13 Å². The summed E-state index contributed by atoms with van der Waals surface area (Å²) in [6, 6.07) is 0. The lowest BCUT2D eigenvalue weighted by Crippen LogP contribution is -2.30. The number of rotatable bonds is 79. The van der Waals surface area contributed by atoms with E-state index < -0.39 is 97.5 Å². The fourth-order valence-electron chi connectivity index (χ4n) is 12.5. The maximum atomic E-state index is 13.1. The highest BCUT2D eigenvalue weighted by atomic mass is 31.2. The van der Waals surface area contributed by atoms with Gasteiger partial charge in [-0.15, -0.1) is 0 Å². The molecule has 0 heterocycles. The smallest absolute Gasteiger partial charge is 0.462 e. The highest BCUT2D eigenvalue weighted by molar-refractivity contribution is 7.47. The lowest BCUT2D eigenvalue weighted by molar-refractivity contribution is -0.161. The zero-order valence-corrected chi connectivity index (χ0v) is 67.5. The van der Waals surface area contributed by atoms with Crippen molar-refractivity contribution in [2.24, 2.45) is 17.8 Å². The van der Waals surface area contributed by atoms with Crippen LogP contribution < -0.4 is 0 Å². The molecule has 0 aromatic rings. The Hall–Kier alpha value is -1.94. The highest BCUT2D eigenvalue weighted by Crippen LogP contribution is 2.45. The van der Waals surface area contributed by atoms with E-state index in [0.29, 0.717) is 25.7 Å². The Labute approximate surface area is 613 Å². The van der Waals surface area contributed by atoms with Crippen LogP contribution in [-0.2, 0) is 65.4 Å². The molecule has 6 atom stereocenters. The van der Waals surface area contributed by atoms with E-state index in [9.17, 15) is 43.2 Å². The molecule has 3 unspecified atom stereocenters. The number of aliphatic hydroxyl groups excluding tert-OH is 1. The van der Waals surface area contributed by atoms with Gasteiger partial charge >= 0.3 is 39.5 Å². The molecule has 0 saturated carbocycles. The van der Waals surface area contributed by atoms with Crippen LogP contribution in [0.2, 0.25) is 0 Å². The first-order valence-corrected chi connectivity index (χ1v) is 44.9. The highest BCUT2D eigenvalue weighted by Gasteiger charge is 2.30. The van der Waals surface area contributed by atoms with Crippen LogP contribution in [0, 0.1) is 17.8 Å². The number of unbranched alkanes of at least 4 members (excludes halogenated alkanes) is 46. The van der Waals surface area contributed by atoms with Crippen LogP contribution in [0.5, 0.6) is 0 Å². The van der Waals surface area contributed by atoms with Crippen LogP contribution in [0.25, 0.3) is 0 Å². The molecule has 0 aliphatic rings. The minimum absolute atomic E-state index is 0.104. The molecular weight excluding hydrogens is 1310 g/mol. The molecule has 3 N–H and O–H groups in total. The molecular formula is C81H158O17P2. The van der Waals surface area contributed by atoms with E-state index in [4.69, 9.17) is 37.0 Å². The first-order valence-electron chi connectivity index (χ1n) is 41.9. The summed E-state index contributed by atoms with van der Waals surface area (Å²) in [6.07, 6.45) is 59.7. The number of esters is 4. The number of carbonyl (C=O) groups excluding carboxylic acids is 4. The van der Waals surface area contributed by atoms with Crippen molar-refractivity contribution < 1.29 is 80.2 Å². The second-order valence-electron chi connectivity index (χ2n) is 30.4. The van der Waals surface area contributed by atoms with Gasteiger partial charge in [-0.1, -0.05) is 370 Å². The van der Waals surface area contributed by atoms with Gasteiger partial charge in [0.2, 0.25) is 0 Å². The van der Waals surface area contributed by atoms with E-state index in [2.05, 4.69) is 48.5 Å². The molecule has 0 fully saturated rings. The number of hydrogen-bond donors (Lipinski definition) is 3. The predicted octanol–water partition coefficient (Wildman–Crippen LogP) is 24.1. The third-order valence-electron chi connectivity index (χ3n) is 19.2. The van der Waals surface area contributed by atoms with Crippen molar-refractivity contribution in [3.05, 3.63) is 0 Å².